The zero-order valence-electron chi connectivity index (χ0n) is 13.0. The molecular formula is C15H23N3O4. The minimum absolute atomic E-state index is 0.0986. The Labute approximate surface area is 129 Å². The molecule has 1 amide bonds. The number of carboxylic acid groups (broad SMARTS) is 1. The molecule has 7 nitrogen and oxygen atoms in total. The highest BCUT2D eigenvalue weighted by Gasteiger charge is 2.29. The second-order valence-corrected chi connectivity index (χ2v) is 5.94. The van der Waals surface area contributed by atoms with Crippen LogP contribution in [-0.4, -0.2) is 33.2 Å². The van der Waals surface area contributed by atoms with E-state index in [1.807, 2.05) is 13.8 Å². The molecule has 2 unspecified atom stereocenters. The summed E-state index contributed by atoms with van der Waals surface area (Å²) in [7, 11) is 0. The predicted molar refractivity (Wildman–Crippen MR) is 78.2 cm³/mol. The molecule has 1 aromatic rings. The maximum Gasteiger partial charge on any atom is 0.326 e. The van der Waals surface area contributed by atoms with Crippen molar-refractivity contribution in [2.45, 2.75) is 64.3 Å². The number of carboxylic acids is 1. The van der Waals surface area contributed by atoms with Crippen LogP contribution in [0, 0.1) is 5.92 Å². The molecule has 0 spiro atoms. The molecule has 122 valence electrons. The van der Waals surface area contributed by atoms with Crippen molar-refractivity contribution in [3.05, 3.63) is 11.7 Å². The molecule has 1 aliphatic carbocycles. The third-order valence-corrected chi connectivity index (χ3v) is 4.02. The molecule has 1 aromatic heterocycles. The van der Waals surface area contributed by atoms with Crippen molar-refractivity contribution < 1.29 is 19.2 Å². The van der Waals surface area contributed by atoms with Crippen LogP contribution in [-0.2, 0) is 16.0 Å². The molecule has 0 aliphatic heterocycles. The first-order chi connectivity index (χ1) is 10.5. The average Bonchev–Trinajstić information content (AvgIpc) is 3.23. The number of aryl methyl sites for hydroxylation is 1. The van der Waals surface area contributed by atoms with Crippen LogP contribution in [0.1, 0.15) is 63.6 Å². The maximum absolute atomic E-state index is 11.9. The molecule has 0 bridgehead atoms. The molecule has 2 N–H and O–H groups in total. The maximum atomic E-state index is 11.9. The number of carbonyl (C=O) groups excluding carboxylic acids is 1. The van der Waals surface area contributed by atoms with Crippen molar-refractivity contribution in [3.8, 4) is 0 Å². The van der Waals surface area contributed by atoms with E-state index in [9.17, 15) is 9.59 Å². The van der Waals surface area contributed by atoms with Crippen LogP contribution in [0.25, 0.3) is 0 Å². The van der Waals surface area contributed by atoms with Gasteiger partial charge < -0.3 is 14.9 Å². The fourth-order valence-electron chi connectivity index (χ4n) is 2.21. The highest BCUT2D eigenvalue weighted by molar-refractivity contribution is 5.83. The molecule has 7 heteroatoms. The third kappa shape index (κ3) is 4.54. The molecule has 0 radical (unpaired) electrons. The number of hydrogen-bond acceptors (Lipinski definition) is 5. The fraction of sp³-hybridized carbons (Fsp3) is 0.733. The van der Waals surface area contributed by atoms with E-state index < -0.39 is 12.0 Å². The lowest BCUT2D eigenvalue weighted by molar-refractivity contribution is -0.143. The lowest BCUT2D eigenvalue weighted by Gasteiger charge is -2.19. The molecule has 1 aliphatic rings. The van der Waals surface area contributed by atoms with E-state index in [0.29, 0.717) is 31.1 Å². The first-order valence-electron chi connectivity index (χ1n) is 7.86. The van der Waals surface area contributed by atoms with E-state index in [1.54, 1.807) is 0 Å². The summed E-state index contributed by atoms with van der Waals surface area (Å²) < 4.78 is 5.14. The van der Waals surface area contributed by atoms with Crippen molar-refractivity contribution in [2.24, 2.45) is 5.92 Å². The zero-order chi connectivity index (χ0) is 16.1. The Kier molecular flexibility index (Phi) is 5.51. The lowest BCUT2D eigenvalue weighted by atomic mass is 9.99. The molecule has 1 saturated carbocycles. The third-order valence-electron chi connectivity index (χ3n) is 4.02. The van der Waals surface area contributed by atoms with Crippen LogP contribution in [0.3, 0.4) is 0 Å². The summed E-state index contributed by atoms with van der Waals surface area (Å²) in [4.78, 5) is 27.3. The van der Waals surface area contributed by atoms with Gasteiger partial charge in [-0.3, -0.25) is 4.79 Å². The summed E-state index contributed by atoms with van der Waals surface area (Å²) in [6.07, 6.45) is 4.28. The van der Waals surface area contributed by atoms with E-state index >= 15 is 0 Å². The van der Waals surface area contributed by atoms with Crippen molar-refractivity contribution in [1.82, 2.24) is 15.5 Å². The second-order valence-electron chi connectivity index (χ2n) is 5.94. The van der Waals surface area contributed by atoms with Gasteiger partial charge in [-0.15, -0.1) is 0 Å². The Hall–Kier alpha value is -1.92. The average molecular weight is 309 g/mol. The Bertz CT molecular complexity index is 525. The van der Waals surface area contributed by atoms with Crippen molar-refractivity contribution >= 4 is 11.9 Å². The van der Waals surface area contributed by atoms with Gasteiger partial charge in [0.1, 0.15) is 6.04 Å². The van der Waals surface area contributed by atoms with Gasteiger partial charge >= 0.3 is 5.97 Å². The zero-order valence-corrected chi connectivity index (χ0v) is 13.0. The number of carbonyl (C=O) groups is 2. The smallest absolute Gasteiger partial charge is 0.326 e. The number of nitrogens with one attached hydrogen (secondary N) is 1. The molecule has 0 saturated heterocycles. The molecule has 0 aromatic carbocycles. The summed E-state index contributed by atoms with van der Waals surface area (Å²) in [6.45, 7) is 3.72. The molecule has 2 atom stereocenters. The number of amides is 1. The minimum Gasteiger partial charge on any atom is -0.480 e. The topological polar surface area (TPSA) is 105 Å². The molecular weight excluding hydrogens is 286 g/mol. The number of aromatic nitrogens is 2. The van der Waals surface area contributed by atoms with E-state index in [1.165, 1.54) is 0 Å². The van der Waals surface area contributed by atoms with E-state index in [-0.39, 0.29) is 18.2 Å². The van der Waals surface area contributed by atoms with Gasteiger partial charge in [0.05, 0.1) is 0 Å². The summed E-state index contributed by atoms with van der Waals surface area (Å²) in [5.41, 5.74) is 0. The number of rotatable bonds is 9. The van der Waals surface area contributed by atoms with E-state index in [0.717, 1.165) is 18.7 Å². The fourth-order valence-corrected chi connectivity index (χ4v) is 2.21. The standard InChI is InChI=1S/C15H23N3O4/c1-3-9(2)13(15(20)21)16-11(19)5-4-6-12-17-14(18-22-12)10-7-8-10/h9-10,13H,3-8H2,1-2H3,(H,16,19)(H,20,21). The Morgan fingerprint density at radius 1 is 1.45 bits per heavy atom. The van der Waals surface area contributed by atoms with Gasteiger partial charge in [0, 0.05) is 18.8 Å². The summed E-state index contributed by atoms with van der Waals surface area (Å²) >= 11 is 0. The normalized spacial score (nSPS) is 17.0. The first-order valence-corrected chi connectivity index (χ1v) is 7.86. The van der Waals surface area contributed by atoms with Crippen LogP contribution in [0.15, 0.2) is 4.52 Å². The van der Waals surface area contributed by atoms with Gasteiger partial charge in [-0.05, 0) is 25.2 Å². The summed E-state index contributed by atoms with van der Waals surface area (Å²) in [6, 6.07) is -0.831. The van der Waals surface area contributed by atoms with Gasteiger partial charge in [-0.2, -0.15) is 4.98 Å². The molecule has 1 fully saturated rings. The lowest BCUT2D eigenvalue weighted by Crippen LogP contribution is -2.44. The molecule has 22 heavy (non-hydrogen) atoms. The summed E-state index contributed by atoms with van der Waals surface area (Å²) in [5, 5.41) is 15.6. The second kappa shape index (κ2) is 7.38. The Morgan fingerprint density at radius 2 is 2.18 bits per heavy atom. The monoisotopic (exact) mass is 309 g/mol. The number of nitrogens with zero attached hydrogens (tertiary/aromatic N) is 2. The largest absolute Gasteiger partial charge is 0.480 e. The van der Waals surface area contributed by atoms with E-state index in [2.05, 4.69) is 15.5 Å². The van der Waals surface area contributed by atoms with E-state index in [4.69, 9.17) is 9.63 Å². The molecule has 1 heterocycles. The Balaban J connectivity index is 1.73. The van der Waals surface area contributed by atoms with Gasteiger partial charge in [-0.1, -0.05) is 25.4 Å². The highest BCUT2D eigenvalue weighted by atomic mass is 16.5. The number of hydrogen-bond donors (Lipinski definition) is 2. The number of aliphatic carboxylic acids is 1. The van der Waals surface area contributed by atoms with Crippen LogP contribution in [0.2, 0.25) is 0 Å². The van der Waals surface area contributed by atoms with Crippen LogP contribution in [0.4, 0.5) is 0 Å². The van der Waals surface area contributed by atoms with Gasteiger partial charge in [0.25, 0.3) is 0 Å². The summed E-state index contributed by atoms with van der Waals surface area (Å²) in [5.74, 6) is 0.419. The quantitative estimate of drug-likeness (QED) is 0.721. The van der Waals surface area contributed by atoms with Crippen molar-refractivity contribution in [1.29, 1.82) is 0 Å². The van der Waals surface area contributed by atoms with Gasteiger partial charge in [0.15, 0.2) is 5.82 Å². The van der Waals surface area contributed by atoms with Crippen molar-refractivity contribution in [2.75, 3.05) is 0 Å². The Morgan fingerprint density at radius 3 is 2.77 bits per heavy atom. The van der Waals surface area contributed by atoms with Crippen LogP contribution in [0.5, 0.6) is 0 Å². The van der Waals surface area contributed by atoms with Crippen LogP contribution < -0.4 is 5.32 Å². The first kappa shape index (κ1) is 16.5. The van der Waals surface area contributed by atoms with Gasteiger partial charge in [0.2, 0.25) is 11.8 Å². The van der Waals surface area contributed by atoms with Crippen molar-refractivity contribution in [3.63, 3.8) is 0 Å². The van der Waals surface area contributed by atoms with Crippen LogP contribution >= 0.6 is 0 Å². The molecule has 2 rings (SSSR count). The highest BCUT2D eigenvalue weighted by Crippen LogP contribution is 2.38. The SMILES string of the molecule is CCC(C)C(NC(=O)CCCc1nc(C2CC2)no1)C(=O)O. The van der Waals surface area contributed by atoms with Gasteiger partial charge in [-0.25, -0.2) is 4.79 Å². The predicted octanol–water partition coefficient (Wildman–Crippen LogP) is 1.89. The minimum atomic E-state index is -0.992.